The Kier molecular flexibility index (Phi) is 3.13. The largest absolute Gasteiger partial charge is 0.324 e. The molecule has 0 spiro atoms. The molecular weight excluding hydrogens is 244 g/mol. The first kappa shape index (κ1) is 12.3. The summed E-state index contributed by atoms with van der Waals surface area (Å²) in [6.07, 6.45) is 7.62. The van der Waals surface area contributed by atoms with Crippen LogP contribution in [0.1, 0.15) is 0 Å². The Balaban J connectivity index is 2.00. The van der Waals surface area contributed by atoms with Gasteiger partial charge in [0.1, 0.15) is 0 Å². The van der Waals surface area contributed by atoms with Crippen LogP contribution in [0.4, 0.5) is 0 Å². The van der Waals surface area contributed by atoms with Crippen LogP contribution < -0.4 is 0 Å². The van der Waals surface area contributed by atoms with Crippen molar-refractivity contribution >= 4 is 12.4 Å². The monoisotopic (exact) mass is 260 g/mol. The molecule has 0 aliphatic heterocycles. The standard InChI is InChI=1S/C18H16N2/c1-3-19-13-5-7-17(19)15-9-11-16(12-10-15)18-8-6-14-20(18)4-2/h3-14H,1-2H2. The van der Waals surface area contributed by atoms with Crippen molar-refractivity contribution in [1.29, 1.82) is 0 Å². The highest BCUT2D eigenvalue weighted by molar-refractivity contribution is 5.69. The van der Waals surface area contributed by atoms with Crippen LogP contribution in [0.25, 0.3) is 34.9 Å². The number of benzene rings is 1. The maximum Gasteiger partial charge on any atom is 0.0522 e. The molecule has 20 heavy (non-hydrogen) atoms. The molecule has 2 nitrogen and oxygen atoms in total. The molecule has 0 bridgehead atoms. The SMILES string of the molecule is C=Cn1cccc1-c1ccc(-c2cccn2C=C)cc1. The number of hydrogen-bond donors (Lipinski definition) is 0. The van der Waals surface area contributed by atoms with Crippen LogP contribution >= 0.6 is 0 Å². The Morgan fingerprint density at radius 1 is 0.650 bits per heavy atom. The molecule has 98 valence electrons. The van der Waals surface area contributed by atoms with E-state index in [0.717, 1.165) is 11.4 Å². The molecule has 0 atom stereocenters. The van der Waals surface area contributed by atoms with Gasteiger partial charge in [0, 0.05) is 24.8 Å². The maximum absolute atomic E-state index is 3.82. The Bertz CT molecular complexity index is 677. The number of rotatable bonds is 4. The third-order valence-electron chi connectivity index (χ3n) is 3.43. The van der Waals surface area contributed by atoms with E-state index in [9.17, 15) is 0 Å². The van der Waals surface area contributed by atoms with E-state index in [1.165, 1.54) is 11.1 Å². The van der Waals surface area contributed by atoms with E-state index >= 15 is 0 Å². The van der Waals surface area contributed by atoms with Crippen molar-refractivity contribution in [3.63, 3.8) is 0 Å². The zero-order valence-electron chi connectivity index (χ0n) is 11.2. The smallest absolute Gasteiger partial charge is 0.0522 e. The van der Waals surface area contributed by atoms with Crippen LogP contribution in [-0.2, 0) is 0 Å². The third kappa shape index (κ3) is 2.01. The summed E-state index contributed by atoms with van der Waals surface area (Å²) in [7, 11) is 0. The van der Waals surface area contributed by atoms with Crippen molar-refractivity contribution in [3.8, 4) is 22.5 Å². The summed E-state index contributed by atoms with van der Waals surface area (Å²) in [6, 6.07) is 16.7. The van der Waals surface area contributed by atoms with Gasteiger partial charge in [-0.3, -0.25) is 0 Å². The van der Waals surface area contributed by atoms with Gasteiger partial charge in [-0.1, -0.05) is 37.4 Å². The summed E-state index contributed by atoms with van der Waals surface area (Å²) in [5, 5.41) is 0. The highest BCUT2D eigenvalue weighted by Crippen LogP contribution is 2.25. The second-order valence-electron chi connectivity index (χ2n) is 4.54. The first-order valence-corrected chi connectivity index (χ1v) is 6.53. The van der Waals surface area contributed by atoms with Crippen molar-refractivity contribution in [3.05, 3.63) is 74.1 Å². The minimum absolute atomic E-state index is 1.14. The summed E-state index contributed by atoms with van der Waals surface area (Å²) in [5.74, 6) is 0. The molecule has 2 heteroatoms. The van der Waals surface area contributed by atoms with Gasteiger partial charge < -0.3 is 9.13 Å². The summed E-state index contributed by atoms with van der Waals surface area (Å²) < 4.78 is 4.03. The van der Waals surface area contributed by atoms with Gasteiger partial charge in [-0.15, -0.1) is 0 Å². The molecule has 0 radical (unpaired) electrons. The lowest BCUT2D eigenvalue weighted by molar-refractivity contribution is 1.17. The highest BCUT2D eigenvalue weighted by Gasteiger charge is 2.05. The fourth-order valence-electron chi connectivity index (χ4n) is 2.41. The van der Waals surface area contributed by atoms with Gasteiger partial charge in [-0.2, -0.15) is 0 Å². The molecule has 0 aliphatic carbocycles. The van der Waals surface area contributed by atoms with Crippen LogP contribution in [0.5, 0.6) is 0 Å². The van der Waals surface area contributed by atoms with Gasteiger partial charge in [0.15, 0.2) is 0 Å². The molecule has 0 saturated carbocycles. The molecule has 0 fully saturated rings. The first-order valence-electron chi connectivity index (χ1n) is 6.53. The van der Waals surface area contributed by atoms with Gasteiger partial charge in [0.2, 0.25) is 0 Å². The van der Waals surface area contributed by atoms with Crippen LogP contribution in [0.3, 0.4) is 0 Å². The van der Waals surface area contributed by atoms with Crippen molar-refractivity contribution < 1.29 is 0 Å². The molecule has 0 aliphatic rings. The molecule has 3 aromatic rings. The highest BCUT2D eigenvalue weighted by atomic mass is 14.9. The van der Waals surface area contributed by atoms with Crippen molar-refractivity contribution in [1.82, 2.24) is 9.13 Å². The zero-order chi connectivity index (χ0) is 13.9. The number of aromatic nitrogens is 2. The van der Waals surface area contributed by atoms with Crippen molar-refractivity contribution in [2.75, 3.05) is 0 Å². The predicted molar refractivity (Wildman–Crippen MR) is 86.1 cm³/mol. The Morgan fingerprint density at radius 2 is 1.05 bits per heavy atom. The van der Waals surface area contributed by atoms with E-state index in [1.54, 1.807) is 0 Å². The minimum Gasteiger partial charge on any atom is -0.324 e. The molecule has 0 saturated heterocycles. The van der Waals surface area contributed by atoms with Crippen molar-refractivity contribution in [2.45, 2.75) is 0 Å². The van der Waals surface area contributed by atoms with Crippen LogP contribution in [0, 0.1) is 0 Å². The van der Waals surface area contributed by atoms with E-state index in [4.69, 9.17) is 0 Å². The lowest BCUT2D eigenvalue weighted by Crippen LogP contribution is -1.89. The summed E-state index contributed by atoms with van der Waals surface area (Å²) in [4.78, 5) is 0. The van der Waals surface area contributed by atoms with E-state index in [-0.39, 0.29) is 0 Å². The van der Waals surface area contributed by atoms with Crippen molar-refractivity contribution in [2.24, 2.45) is 0 Å². The van der Waals surface area contributed by atoms with E-state index < -0.39 is 0 Å². The van der Waals surface area contributed by atoms with Gasteiger partial charge >= 0.3 is 0 Å². The summed E-state index contributed by atoms with van der Waals surface area (Å²) >= 11 is 0. The van der Waals surface area contributed by atoms with Gasteiger partial charge in [0.05, 0.1) is 11.4 Å². The Hall–Kier alpha value is -2.74. The molecule has 0 amide bonds. The second-order valence-corrected chi connectivity index (χ2v) is 4.54. The van der Waals surface area contributed by atoms with Gasteiger partial charge in [-0.05, 0) is 35.4 Å². The zero-order valence-corrected chi connectivity index (χ0v) is 11.2. The normalized spacial score (nSPS) is 10.4. The average Bonchev–Trinajstić information content (AvgIpc) is 3.15. The number of nitrogens with zero attached hydrogens (tertiary/aromatic N) is 2. The van der Waals surface area contributed by atoms with Crippen LogP contribution in [0.2, 0.25) is 0 Å². The second kappa shape index (κ2) is 5.10. The lowest BCUT2D eigenvalue weighted by Gasteiger charge is -2.07. The van der Waals surface area contributed by atoms with Gasteiger partial charge in [0.25, 0.3) is 0 Å². The summed E-state index contributed by atoms with van der Waals surface area (Å²) in [5.41, 5.74) is 4.64. The topological polar surface area (TPSA) is 9.86 Å². The fourth-order valence-corrected chi connectivity index (χ4v) is 2.41. The van der Waals surface area contributed by atoms with E-state index in [1.807, 2.05) is 46.1 Å². The van der Waals surface area contributed by atoms with E-state index in [2.05, 4.69) is 49.6 Å². The van der Waals surface area contributed by atoms with E-state index in [0.29, 0.717) is 0 Å². The van der Waals surface area contributed by atoms with Gasteiger partial charge in [-0.25, -0.2) is 0 Å². The quantitative estimate of drug-likeness (QED) is 0.636. The van der Waals surface area contributed by atoms with Crippen LogP contribution in [0.15, 0.2) is 74.1 Å². The first-order chi connectivity index (χ1) is 9.83. The number of hydrogen-bond acceptors (Lipinski definition) is 0. The molecule has 2 aromatic heterocycles. The average molecular weight is 260 g/mol. The third-order valence-corrected chi connectivity index (χ3v) is 3.43. The fraction of sp³-hybridized carbons (Fsp3) is 0. The van der Waals surface area contributed by atoms with Crippen LogP contribution in [-0.4, -0.2) is 9.13 Å². The predicted octanol–water partition coefficient (Wildman–Crippen LogP) is 4.82. The Morgan fingerprint density at radius 3 is 1.40 bits per heavy atom. The molecule has 0 unspecified atom stereocenters. The Labute approximate surface area is 118 Å². The molecule has 3 rings (SSSR count). The minimum atomic E-state index is 1.14. The molecule has 0 N–H and O–H groups in total. The maximum atomic E-state index is 3.82. The molecule has 1 aromatic carbocycles. The lowest BCUT2D eigenvalue weighted by atomic mass is 10.1. The molecule has 2 heterocycles. The molecular formula is C18H16N2. The summed E-state index contributed by atoms with van der Waals surface area (Å²) in [6.45, 7) is 7.64.